The highest BCUT2D eigenvalue weighted by molar-refractivity contribution is 5.22. The van der Waals surface area contributed by atoms with E-state index < -0.39 is 0 Å². The molecule has 0 bridgehead atoms. The van der Waals surface area contributed by atoms with Gasteiger partial charge in [-0.15, -0.1) is 0 Å². The Kier molecular flexibility index (Phi) is 3.04. The van der Waals surface area contributed by atoms with Gasteiger partial charge in [-0.3, -0.25) is 0 Å². The molecule has 3 atom stereocenters. The molecule has 15 heavy (non-hydrogen) atoms. The van der Waals surface area contributed by atoms with Gasteiger partial charge in [0.2, 0.25) is 0 Å². The van der Waals surface area contributed by atoms with Crippen molar-refractivity contribution < 1.29 is 0 Å². The average Bonchev–Trinajstić information content (AvgIpc) is 2.43. The standard InChI is InChI=1S/C15H24/c1-10(2)13-7-5-11(3)14-8-6-12(4)15(14)9-13/h6,10,13-15H,3,5,7-9H2,1-2,4H3/t13-,14-,15-/m1/s1. The second-order valence-corrected chi connectivity index (χ2v) is 5.83. The molecule has 0 nitrogen and oxygen atoms in total. The van der Waals surface area contributed by atoms with Crippen LogP contribution in [0.1, 0.15) is 46.5 Å². The summed E-state index contributed by atoms with van der Waals surface area (Å²) in [4.78, 5) is 0. The summed E-state index contributed by atoms with van der Waals surface area (Å²) in [7, 11) is 0. The van der Waals surface area contributed by atoms with Crippen LogP contribution in [0.3, 0.4) is 0 Å². The number of fused-ring (bicyclic) bond motifs is 1. The molecule has 2 aliphatic carbocycles. The average molecular weight is 204 g/mol. The predicted octanol–water partition coefficient (Wildman–Crippen LogP) is 4.58. The lowest BCUT2D eigenvalue weighted by Crippen LogP contribution is -2.15. The van der Waals surface area contributed by atoms with Crippen molar-refractivity contribution >= 4 is 0 Å². The van der Waals surface area contributed by atoms with Crippen molar-refractivity contribution in [3.05, 3.63) is 23.8 Å². The molecule has 0 aliphatic heterocycles. The van der Waals surface area contributed by atoms with Gasteiger partial charge >= 0.3 is 0 Å². The van der Waals surface area contributed by atoms with Crippen LogP contribution in [0, 0.1) is 23.7 Å². The van der Waals surface area contributed by atoms with E-state index in [4.69, 9.17) is 0 Å². The van der Waals surface area contributed by atoms with Crippen LogP contribution in [0.5, 0.6) is 0 Å². The molecule has 0 heteroatoms. The maximum absolute atomic E-state index is 4.31. The minimum absolute atomic E-state index is 0.786. The molecule has 0 unspecified atom stereocenters. The molecule has 0 N–H and O–H groups in total. The lowest BCUT2D eigenvalue weighted by Gasteiger charge is -2.24. The first kappa shape index (κ1) is 11.0. The molecule has 0 aromatic carbocycles. The van der Waals surface area contributed by atoms with Crippen molar-refractivity contribution in [2.45, 2.75) is 46.5 Å². The molecule has 1 fully saturated rings. The maximum Gasteiger partial charge on any atom is -0.0106 e. The molecule has 0 spiro atoms. The largest absolute Gasteiger partial charge is 0.0995 e. The van der Waals surface area contributed by atoms with Crippen molar-refractivity contribution in [1.82, 2.24) is 0 Å². The molecule has 1 saturated carbocycles. The lowest BCUT2D eigenvalue weighted by molar-refractivity contribution is 0.300. The van der Waals surface area contributed by atoms with Gasteiger partial charge in [0, 0.05) is 0 Å². The Bertz CT molecular complexity index is 282. The smallest absolute Gasteiger partial charge is 0.0106 e. The first-order valence-electron chi connectivity index (χ1n) is 6.44. The Labute approximate surface area is 94.5 Å². The van der Waals surface area contributed by atoms with E-state index in [2.05, 4.69) is 33.4 Å². The quantitative estimate of drug-likeness (QED) is 0.548. The molecule has 2 rings (SSSR count). The highest BCUT2D eigenvalue weighted by atomic mass is 14.4. The summed E-state index contributed by atoms with van der Waals surface area (Å²) in [6.07, 6.45) is 7.76. The molecule has 2 aliphatic rings. The normalized spacial score (nSPS) is 36.4. The van der Waals surface area contributed by atoms with E-state index in [0.29, 0.717) is 0 Å². The van der Waals surface area contributed by atoms with Crippen LogP contribution in [0.2, 0.25) is 0 Å². The van der Waals surface area contributed by atoms with Crippen LogP contribution in [0.25, 0.3) is 0 Å². The van der Waals surface area contributed by atoms with Crippen LogP contribution in [-0.4, -0.2) is 0 Å². The Morgan fingerprint density at radius 3 is 2.73 bits per heavy atom. The van der Waals surface area contributed by atoms with Gasteiger partial charge < -0.3 is 0 Å². The molecular formula is C15H24. The van der Waals surface area contributed by atoms with Gasteiger partial charge in [-0.2, -0.15) is 0 Å². The summed E-state index contributed by atoms with van der Waals surface area (Å²) in [5.41, 5.74) is 3.16. The van der Waals surface area contributed by atoms with Gasteiger partial charge in [0.05, 0.1) is 0 Å². The zero-order chi connectivity index (χ0) is 11.0. The number of rotatable bonds is 1. The van der Waals surface area contributed by atoms with Crippen LogP contribution in [0.4, 0.5) is 0 Å². The number of hydrogen-bond donors (Lipinski definition) is 0. The second-order valence-electron chi connectivity index (χ2n) is 5.83. The van der Waals surface area contributed by atoms with Crippen molar-refractivity contribution in [3.8, 4) is 0 Å². The SMILES string of the molecule is C=C1CC[C@@H](C(C)C)C[C@@H]2C(C)=CC[C@H]12. The molecule has 0 aromatic rings. The zero-order valence-corrected chi connectivity index (χ0v) is 10.4. The minimum Gasteiger partial charge on any atom is -0.0995 e. The maximum atomic E-state index is 4.31. The third kappa shape index (κ3) is 2.04. The topological polar surface area (TPSA) is 0 Å². The van der Waals surface area contributed by atoms with Gasteiger partial charge in [0.25, 0.3) is 0 Å². The summed E-state index contributed by atoms with van der Waals surface area (Å²) in [6, 6.07) is 0. The highest BCUT2D eigenvalue weighted by Gasteiger charge is 2.34. The number of allylic oxidation sites excluding steroid dienone is 3. The summed E-state index contributed by atoms with van der Waals surface area (Å²) in [6.45, 7) is 11.4. The first-order valence-corrected chi connectivity index (χ1v) is 6.44. The second kappa shape index (κ2) is 4.15. The monoisotopic (exact) mass is 204 g/mol. The Balaban J connectivity index is 2.16. The Hall–Kier alpha value is -0.520. The fraction of sp³-hybridized carbons (Fsp3) is 0.733. The van der Waals surface area contributed by atoms with Crippen LogP contribution in [0.15, 0.2) is 23.8 Å². The molecule has 0 saturated heterocycles. The van der Waals surface area contributed by atoms with E-state index >= 15 is 0 Å². The summed E-state index contributed by atoms with van der Waals surface area (Å²) in [5.74, 6) is 3.37. The Morgan fingerprint density at radius 2 is 2.07 bits per heavy atom. The predicted molar refractivity (Wildman–Crippen MR) is 66.7 cm³/mol. The molecule has 0 heterocycles. The van der Waals surface area contributed by atoms with Gasteiger partial charge in [0.15, 0.2) is 0 Å². The molecule has 0 amide bonds. The number of hydrogen-bond acceptors (Lipinski definition) is 0. The molecule has 84 valence electrons. The minimum atomic E-state index is 0.786. The summed E-state index contributed by atoms with van der Waals surface area (Å²) in [5, 5.41) is 0. The van der Waals surface area contributed by atoms with Gasteiger partial charge in [-0.1, -0.05) is 37.6 Å². The van der Waals surface area contributed by atoms with Gasteiger partial charge in [-0.05, 0) is 56.3 Å². The van der Waals surface area contributed by atoms with Crippen LogP contribution >= 0.6 is 0 Å². The van der Waals surface area contributed by atoms with Crippen molar-refractivity contribution in [2.24, 2.45) is 23.7 Å². The highest BCUT2D eigenvalue weighted by Crippen LogP contribution is 2.46. The van der Waals surface area contributed by atoms with Gasteiger partial charge in [-0.25, -0.2) is 0 Å². The van der Waals surface area contributed by atoms with E-state index in [-0.39, 0.29) is 0 Å². The Morgan fingerprint density at radius 1 is 1.33 bits per heavy atom. The molecule has 0 radical (unpaired) electrons. The third-order valence-electron chi connectivity index (χ3n) is 4.62. The molecule has 0 aromatic heterocycles. The molecular weight excluding hydrogens is 180 g/mol. The van der Waals surface area contributed by atoms with Crippen molar-refractivity contribution in [1.29, 1.82) is 0 Å². The fourth-order valence-corrected chi connectivity index (χ4v) is 3.35. The van der Waals surface area contributed by atoms with E-state index in [1.807, 2.05) is 0 Å². The lowest BCUT2D eigenvalue weighted by atomic mass is 9.80. The summed E-state index contributed by atoms with van der Waals surface area (Å²) < 4.78 is 0. The van der Waals surface area contributed by atoms with E-state index in [1.165, 1.54) is 31.3 Å². The van der Waals surface area contributed by atoms with Crippen LogP contribution < -0.4 is 0 Å². The summed E-state index contributed by atoms with van der Waals surface area (Å²) >= 11 is 0. The van der Waals surface area contributed by atoms with Gasteiger partial charge in [0.1, 0.15) is 0 Å². The van der Waals surface area contributed by atoms with Crippen LogP contribution in [-0.2, 0) is 0 Å². The van der Waals surface area contributed by atoms with Crippen molar-refractivity contribution in [2.75, 3.05) is 0 Å². The third-order valence-corrected chi connectivity index (χ3v) is 4.62. The zero-order valence-electron chi connectivity index (χ0n) is 10.4. The van der Waals surface area contributed by atoms with Crippen molar-refractivity contribution in [3.63, 3.8) is 0 Å². The van der Waals surface area contributed by atoms with E-state index in [0.717, 1.165) is 23.7 Å². The van der Waals surface area contributed by atoms with E-state index in [9.17, 15) is 0 Å². The fourth-order valence-electron chi connectivity index (χ4n) is 3.35. The van der Waals surface area contributed by atoms with E-state index in [1.54, 1.807) is 5.57 Å². The first-order chi connectivity index (χ1) is 7.09.